The molecule has 0 amide bonds. The molecule has 2 fully saturated rings. The van der Waals surface area contributed by atoms with E-state index in [9.17, 15) is 0 Å². The van der Waals surface area contributed by atoms with Crippen molar-refractivity contribution in [2.75, 3.05) is 18.0 Å². The smallest absolute Gasteiger partial charge is 0.0438 e. The third kappa shape index (κ3) is 2.46. The second-order valence-electron chi connectivity index (χ2n) is 7.30. The van der Waals surface area contributed by atoms with Crippen LogP contribution >= 0.6 is 0 Å². The molecule has 2 heteroatoms. The Hall–Kier alpha value is -1.02. The molecule has 0 bridgehead atoms. The van der Waals surface area contributed by atoms with Gasteiger partial charge in [0.15, 0.2) is 0 Å². The Balaban J connectivity index is 1.91. The molecule has 0 radical (unpaired) electrons. The zero-order chi connectivity index (χ0) is 14.3. The van der Waals surface area contributed by atoms with Crippen molar-refractivity contribution in [3.8, 4) is 0 Å². The SMILES string of the molecule is Cc1ccccc1N1CC(C)(C2CC2)NCC1C(C)C. The predicted molar refractivity (Wildman–Crippen MR) is 86.3 cm³/mol. The molecule has 0 spiro atoms. The molecule has 110 valence electrons. The molecule has 2 aliphatic rings. The Morgan fingerprint density at radius 1 is 1.25 bits per heavy atom. The van der Waals surface area contributed by atoms with E-state index in [-0.39, 0.29) is 0 Å². The van der Waals surface area contributed by atoms with Crippen molar-refractivity contribution in [1.82, 2.24) is 5.32 Å². The molecule has 1 N–H and O–H groups in total. The van der Waals surface area contributed by atoms with Crippen molar-refractivity contribution in [2.45, 2.75) is 52.1 Å². The van der Waals surface area contributed by atoms with Gasteiger partial charge >= 0.3 is 0 Å². The molecular formula is C18H28N2. The zero-order valence-corrected chi connectivity index (χ0v) is 13.3. The van der Waals surface area contributed by atoms with Gasteiger partial charge in [0.1, 0.15) is 0 Å². The first-order chi connectivity index (χ1) is 9.51. The zero-order valence-electron chi connectivity index (χ0n) is 13.3. The lowest BCUT2D eigenvalue weighted by molar-refractivity contribution is 0.233. The standard InChI is InChI=1S/C18H28N2/c1-13(2)17-11-19-18(4,15-9-10-15)12-20(17)16-8-6-5-7-14(16)3/h5-8,13,15,17,19H,9-12H2,1-4H3. The topological polar surface area (TPSA) is 15.3 Å². The largest absolute Gasteiger partial charge is 0.365 e. The summed E-state index contributed by atoms with van der Waals surface area (Å²) in [7, 11) is 0. The van der Waals surface area contributed by atoms with Gasteiger partial charge in [-0.25, -0.2) is 0 Å². The number of hydrogen-bond acceptors (Lipinski definition) is 2. The maximum Gasteiger partial charge on any atom is 0.0438 e. The molecule has 0 aromatic heterocycles. The van der Waals surface area contributed by atoms with E-state index in [1.165, 1.54) is 24.1 Å². The Bertz CT molecular complexity index is 478. The lowest BCUT2D eigenvalue weighted by atomic mass is 9.87. The lowest BCUT2D eigenvalue weighted by Gasteiger charge is -2.49. The van der Waals surface area contributed by atoms with E-state index in [0.717, 1.165) is 19.0 Å². The van der Waals surface area contributed by atoms with E-state index < -0.39 is 0 Å². The molecule has 2 atom stereocenters. The Kier molecular flexibility index (Phi) is 3.53. The first kappa shape index (κ1) is 13.9. The van der Waals surface area contributed by atoms with Gasteiger partial charge in [0.25, 0.3) is 0 Å². The molecular weight excluding hydrogens is 244 g/mol. The minimum absolute atomic E-state index is 0.299. The minimum atomic E-state index is 0.299. The molecule has 1 heterocycles. The molecule has 1 aromatic rings. The monoisotopic (exact) mass is 272 g/mol. The van der Waals surface area contributed by atoms with Crippen molar-refractivity contribution in [2.24, 2.45) is 11.8 Å². The van der Waals surface area contributed by atoms with Crippen LogP contribution < -0.4 is 10.2 Å². The number of nitrogens with zero attached hydrogens (tertiary/aromatic N) is 1. The summed E-state index contributed by atoms with van der Waals surface area (Å²) in [6.07, 6.45) is 2.80. The maximum absolute atomic E-state index is 3.87. The fraction of sp³-hybridized carbons (Fsp3) is 0.667. The normalized spacial score (nSPS) is 30.9. The summed E-state index contributed by atoms with van der Waals surface area (Å²) in [6, 6.07) is 9.46. The summed E-state index contributed by atoms with van der Waals surface area (Å²) in [5, 5.41) is 3.87. The highest BCUT2D eigenvalue weighted by molar-refractivity contribution is 5.55. The number of anilines is 1. The number of benzene rings is 1. The van der Waals surface area contributed by atoms with Crippen LogP contribution in [0.25, 0.3) is 0 Å². The fourth-order valence-electron chi connectivity index (χ4n) is 3.71. The van der Waals surface area contributed by atoms with Gasteiger partial charge < -0.3 is 10.2 Å². The Morgan fingerprint density at radius 3 is 2.55 bits per heavy atom. The third-order valence-corrected chi connectivity index (χ3v) is 5.29. The highest BCUT2D eigenvalue weighted by Gasteiger charge is 2.46. The average Bonchev–Trinajstić information content (AvgIpc) is 3.23. The summed E-state index contributed by atoms with van der Waals surface area (Å²) in [6.45, 7) is 11.6. The van der Waals surface area contributed by atoms with E-state index in [1.54, 1.807) is 0 Å². The third-order valence-electron chi connectivity index (χ3n) is 5.29. The van der Waals surface area contributed by atoms with Crippen molar-refractivity contribution in [3.63, 3.8) is 0 Å². The van der Waals surface area contributed by atoms with E-state index in [2.05, 4.69) is 62.2 Å². The number of rotatable bonds is 3. The number of nitrogens with one attached hydrogen (secondary N) is 1. The molecule has 1 aromatic carbocycles. The Labute approximate surface area is 123 Å². The van der Waals surface area contributed by atoms with Crippen LogP contribution in [-0.2, 0) is 0 Å². The molecule has 2 unspecified atom stereocenters. The predicted octanol–water partition coefficient (Wildman–Crippen LogP) is 3.60. The Morgan fingerprint density at radius 2 is 1.95 bits per heavy atom. The summed E-state index contributed by atoms with van der Waals surface area (Å²) >= 11 is 0. The van der Waals surface area contributed by atoms with E-state index >= 15 is 0 Å². The molecule has 3 rings (SSSR count). The molecule has 1 aliphatic carbocycles. The van der Waals surface area contributed by atoms with Gasteiger partial charge in [-0.1, -0.05) is 32.0 Å². The van der Waals surface area contributed by atoms with E-state index in [0.29, 0.717) is 17.5 Å². The summed E-state index contributed by atoms with van der Waals surface area (Å²) in [5.41, 5.74) is 3.13. The molecule has 1 aliphatic heterocycles. The van der Waals surface area contributed by atoms with Crippen LogP contribution in [0.3, 0.4) is 0 Å². The summed E-state index contributed by atoms with van der Waals surface area (Å²) in [4.78, 5) is 2.68. The van der Waals surface area contributed by atoms with Crippen molar-refractivity contribution < 1.29 is 0 Å². The van der Waals surface area contributed by atoms with Crippen LogP contribution in [0, 0.1) is 18.8 Å². The second kappa shape index (κ2) is 5.07. The van der Waals surface area contributed by atoms with Crippen molar-refractivity contribution in [3.05, 3.63) is 29.8 Å². The van der Waals surface area contributed by atoms with Gasteiger partial charge in [-0.15, -0.1) is 0 Å². The first-order valence-electron chi connectivity index (χ1n) is 8.08. The van der Waals surface area contributed by atoms with Gasteiger partial charge in [0.05, 0.1) is 0 Å². The number of hydrogen-bond donors (Lipinski definition) is 1. The van der Waals surface area contributed by atoms with E-state index in [4.69, 9.17) is 0 Å². The average molecular weight is 272 g/mol. The molecule has 1 saturated carbocycles. The van der Waals surface area contributed by atoms with Gasteiger partial charge in [0, 0.05) is 30.4 Å². The van der Waals surface area contributed by atoms with Gasteiger partial charge in [-0.3, -0.25) is 0 Å². The first-order valence-corrected chi connectivity index (χ1v) is 8.08. The minimum Gasteiger partial charge on any atom is -0.365 e. The van der Waals surface area contributed by atoms with Crippen LogP contribution in [-0.4, -0.2) is 24.7 Å². The second-order valence-corrected chi connectivity index (χ2v) is 7.30. The summed E-state index contributed by atoms with van der Waals surface area (Å²) in [5.74, 6) is 1.55. The highest BCUT2D eigenvalue weighted by atomic mass is 15.3. The lowest BCUT2D eigenvalue weighted by Crippen LogP contribution is -2.65. The molecule has 1 saturated heterocycles. The summed E-state index contributed by atoms with van der Waals surface area (Å²) < 4.78 is 0. The van der Waals surface area contributed by atoms with Gasteiger partial charge in [0.2, 0.25) is 0 Å². The van der Waals surface area contributed by atoms with Crippen molar-refractivity contribution >= 4 is 5.69 Å². The molecule has 20 heavy (non-hydrogen) atoms. The maximum atomic E-state index is 3.87. The highest BCUT2D eigenvalue weighted by Crippen LogP contribution is 2.43. The van der Waals surface area contributed by atoms with Crippen LogP contribution in [0.2, 0.25) is 0 Å². The van der Waals surface area contributed by atoms with E-state index in [1.807, 2.05) is 0 Å². The van der Waals surface area contributed by atoms with Crippen LogP contribution in [0.15, 0.2) is 24.3 Å². The fourth-order valence-corrected chi connectivity index (χ4v) is 3.71. The number of piperazine rings is 1. The van der Waals surface area contributed by atoms with Crippen molar-refractivity contribution in [1.29, 1.82) is 0 Å². The molecule has 2 nitrogen and oxygen atoms in total. The van der Waals surface area contributed by atoms with Gasteiger partial charge in [-0.05, 0) is 50.2 Å². The van der Waals surface area contributed by atoms with Crippen LogP contribution in [0.1, 0.15) is 39.2 Å². The van der Waals surface area contributed by atoms with Gasteiger partial charge in [-0.2, -0.15) is 0 Å². The van der Waals surface area contributed by atoms with Crippen LogP contribution in [0.5, 0.6) is 0 Å². The number of para-hydroxylation sites is 1. The number of aryl methyl sites for hydroxylation is 1. The van der Waals surface area contributed by atoms with Crippen LogP contribution in [0.4, 0.5) is 5.69 Å². The quantitative estimate of drug-likeness (QED) is 0.904.